The quantitative estimate of drug-likeness (QED) is 0.832. The number of aldehydes is 1. The second kappa shape index (κ2) is 8.35. The van der Waals surface area contributed by atoms with Crippen LogP contribution in [-0.4, -0.2) is 12.4 Å². The highest BCUT2D eigenvalue weighted by atomic mass is 16.5. The SMILES string of the molecule is N#Cc1ccc(C(CC=O)NC(=O)OCc2ccccc2)cc1. The van der Waals surface area contributed by atoms with Crippen molar-refractivity contribution >= 4 is 12.4 Å². The van der Waals surface area contributed by atoms with E-state index >= 15 is 0 Å². The molecule has 0 saturated heterocycles. The Bertz CT molecular complexity index is 690. The number of rotatable bonds is 6. The van der Waals surface area contributed by atoms with Crippen LogP contribution < -0.4 is 5.32 Å². The fourth-order valence-corrected chi connectivity index (χ4v) is 2.07. The van der Waals surface area contributed by atoms with Crippen LogP contribution in [-0.2, 0) is 16.1 Å². The van der Waals surface area contributed by atoms with Gasteiger partial charge in [0, 0.05) is 6.42 Å². The lowest BCUT2D eigenvalue weighted by Crippen LogP contribution is -2.29. The second-order valence-corrected chi connectivity index (χ2v) is 4.89. The van der Waals surface area contributed by atoms with Gasteiger partial charge in [0.15, 0.2) is 0 Å². The monoisotopic (exact) mass is 308 g/mol. The molecular weight excluding hydrogens is 292 g/mol. The van der Waals surface area contributed by atoms with E-state index in [1.54, 1.807) is 24.3 Å². The fraction of sp³-hybridized carbons (Fsp3) is 0.167. The molecule has 1 unspecified atom stereocenters. The zero-order valence-electron chi connectivity index (χ0n) is 12.4. The average Bonchev–Trinajstić information content (AvgIpc) is 2.60. The lowest BCUT2D eigenvalue weighted by molar-refractivity contribution is -0.108. The summed E-state index contributed by atoms with van der Waals surface area (Å²) in [7, 11) is 0. The molecule has 0 aliphatic rings. The van der Waals surface area contributed by atoms with Gasteiger partial charge in [-0.25, -0.2) is 4.79 Å². The van der Waals surface area contributed by atoms with Gasteiger partial charge in [-0.15, -0.1) is 0 Å². The van der Waals surface area contributed by atoms with Gasteiger partial charge >= 0.3 is 6.09 Å². The summed E-state index contributed by atoms with van der Waals surface area (Å²) in [5.41, 5.74) is 2.14. The molecule has 1 atom stereocenters. The Kier molecular flexibility index (Phi) is 5.89. The third-order valence-corrected chi connectivity index (χ3v) is 3.28. The molecule has 2 rings (SSSR count). The molecule has 0 aliphatic heterocycles. The number of carbonyl (C=O) groups excluding carboxylic acids is 2. The minimum absolute atomic E-state index is 0.131. The summed E-state index contributed by atoms with van der Waals surface area (Å²) in [5, 5.41) is 11.5. The van der Waals surface area contributed by atoms with Gasteiger partial charge in [0.2, 0.25) is 0 Å². The van der Waals surface area contributed by atoms with E-state index in [1.165, 1.54) is 0 Å². The molecule has 23 heavy (non-hydrogen) atoms. The Labute approximate surface area is 134 Å². The maximum atomic E-state index is 11.9. The number of nitrogens with zero attached hydrogens (tertiary/aromatic N) is 1. The normalized spacial score (nSPS) is 11.1. The van der Waals surface area contributed by atoms with Crippen molar-refractivity contribution in [2.24, 2.45) is 0 Å². The molecule has 116 valence electrons. The molecule has 2 aromatic rings. The number of nitrogens with one attached hydrogen (secondary N) is 1. The van der Waals surface area contributed by atoms with Crippen LogP contribution in [0.4, 0.5) is 4.79 Å². The molecule has 0 aromatic heterocycles. The van der Waals surface area contributed by atoms with Crippen molar-refractivity contribution in [2.75, 3.05) is 0 Å². The highest BCUT2D eigenvalue weighted by Gasteiger charge is 2.15. The average molecular weight is 308 g/mol. The van der Waals surface area contributed by atoms with E-state index in [9.17, 15) is 9.59 Å². The second-order valence-electron chi connectivity index (χ2n) is 4.89. The highest BCUT2D eigenvalue weighted by molar-refractivity contribution is 5.68. The molecule has 5 heteroatoms. The van der Waals surface area contributed by atoms with Crippen molar-refractivity contribution in [3.8, 4) is 6.07 Å². The van der Waals surface area contributed by atoms with Crippen molar-refractivity contribution < 1.29 is 14.3 Å². The predicted molar refractivity (Wildman–Crippen MR) is 84.3 cm³/mol. The Morgan fingerprint density at radius 3 is 2.48 bits per heavy atom. The molecular formula is C18H16N2O3. The molecule has 0 spiro atoms. The summed E-state index contributed by atoms with van der Waals surface area (Å²) in [6.45, 7) is 0.161. The van der Waals surface area contributed by atoms with E-state index in [4.69, 9.17) is 10.00 Å². The smallest absolute Gasteiger partial charge is 0.407 e. The number of amides is 1. The number of nitriles is 1. The molecule has 0 saturated carbocycles. The Balaban J connectivity index is 1.96. The van der Waals surface area contributed by atoms with Gasteiger partial charge in [-0.2, -0.15) is 5.26 Å². The van der Waals surface area contributed by atoms with Crippen LogP contribution in [0.5, 0.6) is 0 Å². The summed E-state index contributed by atoms with van der Waals surface area (Å²) < 4.78 is 5.15. The number of carbonyl (C=O) groups is 2. The maximum Gasteiger partial charge on any atom is 0.407 e. The summed E-state index contributed by atoms with van der Waals surface area (Å²) >= 11 is 0. The lowest BCUT2D eigenvalue weighted by atomic mass is 10.0. The molecule has 0 radical (unpaired) electrons. The van der Waals surface area contributed by atoms with E-state index in [-0.39, 0.29) is 13.0 Å². The van der Waals surface area contributed by atoms with Crippen LogP contribution in [0.15, 0.2) is 54.6 Å². The van der Waals surface area contributed by atoms with E-state index in [0.29, 0.717) is 5.56 Å². The molecule has 1 amide bonds. The van der Waals surface area contributed by atoms with Gasteiger partial charge in [-0.05, 0) is 23.3 Å². The number of ether oxygens (including phenoxy) is 1. The van der Waals surface area contributed by atoms with Crippen molar-refractivity contribution in [1.82, 2.24) is 5.32 Å². The first-order valence-corrected chi connectivity index (χ1v) is 7.14. The number of hydrogen-bond acceptors (Lipinski definition) is 4. The van der Waals surface area contributed by atoms with E-state index in [0.717, 1.165) is 17.4 Å². The van der Waals surface area contributed by atoms with Gasteiger partial charge in [-0.3, -0.25) is 0 Å². The zero-order chi connectivity index (χ0) is 16.5. The van der Waals surface area contributed by atoms with Crippen LogP contribution in [0.2, 0.25) is 0 Å². The third-order valence-electron chi connectivity index (χ3n) is 3.28. The zero-order valence-corrected chi connectivity index (χ0v) is 12.4. The fourth-order valence-electron chi connectivity index (χ4n) is 2.07. The molecule has 0 bridgehead atoms. The molecule has 0 heterocycles. The van der Waals surface area contributed by atoms with E-state index in [2.05, 4.69) is 5.32 Å². The van der Waals surface area contributed by atoms with Crippen molar-refractivity contribution in [3.63, 3.8) is 0 Å². The molecule has 0 aliphatic carbocycles. The minimum atomic E-state index is -0.593. The summed E-state index contributed by atoms with van der Waals surface area (Å²) in [6.07, 6.45) is 0.275. The van der Waals surface area contributed by atoms with Crippen molar-refractivity contribution in [3.05, 3.63) is 71.3 Å². The van der Waals surface area contributed by atoms with Crippen molar-refractivity contribution in [1.29, 1.82) is 5.26 Å². The van der Waals surface area contributed by atoms with E-state index in [1.807, 2.05) is 36.4 Å². The molecule has 5 nitrogen and oxygen atoms in total. The van der Waals surface area contributed by atoms with Crippen LogP contribution in [0.3, 0.4) is 0 Å². The summed E-state index contributed by atoms with van der Waals surface area (Å²) in [4.78, 5) is 22.7. The number of hydrogen-bond donors (Lipinski definition) is 1. The highest BCUT2D eigenvalue weighted by Crippen LogP contribution is 2.17. The first kappa shape index (κ1) is 16.2. The van der Waals surface area contributed by atoms with Crippen LogP contribution in [0.25, 0.3) is 0 Å². The van der Waals surface area contributed by atoms with Crippen LogP contribution >= 0.6 is 0 Å². The Morgan fingerprint density at radius 2 is 1.87 bits per heavy atom. The summed E-state index contributed by atoms with van der Waals surface area (Å²) in [5.74, 6) is 0. The minimum Gasteiger partial charge on any atom is -0.445 e. The first-order valence-electron chi connectivity index (χ1n) is 7.14. The van der Waals surface area contributed by atoms with Gasteiger partial charge in [0.25, 0.3) is 0 Å². The van der Waals surface area contributed by atoms with Crippen molar-refractivity contribution in [2.45, 2.75) is 19.1 Å². The maximum absolute atomic E-state index is 11.9. The molecule has 1 N–H and O–H groups in total. The Morgan fingerprint density at radius 1 is 1.17 bits per heavy atom. The van der Waals surface area contributed by atoms with Crippen LogP contribution in [0, 0.1) is 11.3 Å². The van der Waals surface area contributed by atoms with Gasteiger partial charge < -0.3 is 14.8 Å². The van der Waals surface area contributed by atoms with Gasteiger partial charge in [-0.1, -0.05) is 42.5 Å². The third kappa shape index (κ3) is 4.97. The largest absolute Gasteiger partial charge is 0.445 e. The van der Waals surface area contributed by atoms with E-state index < -0.39 is 12.1 Å². The van der Waals surface area contributed by atoms with Gasteiger partial charge in [0.05, 0.1) is 17.7 Å². The standard InChI is InChI=1S/C18H16N2O3/c19-12-14-6-8-16(9-7-14)17(10-11-21)20-18(22)23-13-15-4-2-1-3-5-15/h1-9,11,17H,10,13H2,(H,20,22). The van der Waals surface area contributed by atoms with Crippen LogP contribution in [0.1, 0.15) is 29.2 Å². The van der Waals surface area contributed by atoms with Gasteiger partial charge in [0.1, 0.15) is 12.9 Å². The number of benzene rings is 2. The first-order chi connectivity index (χ1) is 11.2. The topological polar surface area (TPSA) is 79.2 Å². The Hall–Kier alpha value is -3.13. The summed E-state index contributed by atoms with van der Waals surface area (Å²) in [6, 6.07) is 17.6. The predicted octanol–water partition coefficient (Wildman–Crippen LogP) is 3.11. The lowest BCUT2D eigenvalue weighted by Gasteiger charge is -2.17. The molecule has 0 fully saturated rings. The molecule has 2 aromatic carbocycles. The number of alkyl carbamates (subject to hydrolysis) is 1.